The Labute approximate surface area is 278 Å². The maximum Gasteiger partial charge on any atom is 0.509 e. The van der Waals surface area contributed by atoms with Crippen molar-refractivity contribution in [2.75, 3.05) is 19.8 Å². The molecule has 1 N–H and O–H groups in total. The van der Waals surface area contributed by atoms with Crippen molar-refractivity contribution in [1.29, 1.82) is 5.41 Å². The summed E-state index contributed by atoms with van der Waals surface area (Å²) in [6.07, 6.45) is -8.61. The van der Waals surface area contributed by atoms with E-state index in [4.69, 9.17) is 78.1 Å². The summed E-state index contributed by atoms with van der Waals surface area (Å²) in [6.45, 7) is 5.71. The van der Waals surface area contributed by atoms with Crippen LogP contribution in [0.3, 0.4) is 0 Å². The predicted molar refractivity (Wildman–Crippen MR) is 163 cm³/mol. The molecule has 16 heteroatoms. The highest BCUT2D eigenvalue weighted by Gasteiger charge is 2.55. The Bertz CT molecular complexity index is 1390. The zero-order chi connectivity index (χ0) is 33.7. The molecule has 5 atom stereocenters. The van der Waals surface area contributed by atoms with Crippen molar-refractivity contribution >= 4 is 64.9 Å². The fourth-order valence-corrected chi connectivity index (χ4v) is 3.95. The second kappa shape index (κ2) is 17.4. The number of ether oxygens (including phenoxy) is 8. The van der Waals surface area contributed by atoms with Crippen molar-refractivity contribution in [3.05, 3.63) is 97.1 Å². The summed E-state index contributed by atoms with van der Waals surface area (Å²) in [5.41, 5.74) is 0.141. The van der Waals surface area contributed by atoms with E-state index in [1.807, 2.05) is 0 Å². The monoisotopic (exact) mass is 699 g/mol. The molecule has 46 heavy (non-hydrogen) atoms. The van der Waals surface area contributed by atoms with Crippen molar-refractivity contribution < 1.29 is 57.1 Å². The highest BCUT2D eigenvalue weighted by atomic mass is 35.6. The Morgan fingerprint density at radius 3 is 1.72 bits per heavy atom. The van der Waals surface area contributed by atoms with E-state index in [1.165, 1.54) is 36.4 Å². The molecule has 0 bridgehead atoms. The molecule has 0 saturated carbocycles. The van der Waals surface area contributed by atoms with Gasteiger partial charge >= 0.3 is 24.2 Å². The van der Waals surface area contributed by atoms with E-state index in [2.05, 4.69) is 13.2 Å². The molecule has 1 aliphatic heterocycles. The summed E-state index contributed by atoms with van der Waals surface area (Å²) in [5.74, 6) is -2.87. The molecule has 246 valence electrons. The molecule has 0 unspecified atom stereocenters. The van der Waals surface area contributed by atoms with Crippen LogP contribution in [0.2, 0.25) is 0 Å². The van der Waals surface area contributed by atoms with Crippen molar-refractivity contribution in [1.82, 2.24) is 0 Å². The molecule has 0 aliphatic carbocycles. The van der Waals surface area contributed by atoms with Crippen LogP contribution >= 0.6 is 34.8 Å². The first-order valence-corrected chi connectivity index (χ1v) is 14.4. The van der Waals surface area contributed by atoms with Crippen LogP contribution in [0, 0.1) is 5.41 Å². The van der Waals surface area contributed by atoms with E-state index in [0.717, 1.165) is 0 Å². The first kappa shape index (κ1) is 36.2. The van der Waals surface area contributed by atoms with Crippen LogP contribution < -0.4 is 0 Å². The Morgan fingerprint density at radius 1 is 0.717 bits per heavy atom. The lowest BCUT2D eigenvalue weighted by Crippen LogP contribution is -2.63. The summed E-state index contributed by atoms with van der Waals surface area (Å²) < 4.78 is 40.7. The molecule has 3 rings (SSSR count). The Balaban J connectivity index is 2.10. The van der Waals surface area contributed by atoms with Crippen LogP contribution in [0.5, 0.6) is 0 Å². The number of carbonyl (C=O) groups excluding carboxylic acids is 4. The Morgan fingerprint density at radius 2 is 1.22 bits per heavy atom. The lowest BCUT2D eigenvalue weighted by atomic mass is 9.98. The summed E-state index contributed by atoms with van der Waals surface area (Å²) in [5, 5.41) is 8.10. The third-order valence-electron chi connectivity index (χ3n) is 5.82. The maximum absolute atomic E-state index is 13.3. The number of rotatable bonds is 12. The third kappa shape index (κ3) is 10.7. The fraction of sp³-hybridized carbons (Fsp3) is 0.300. The number of hydrogen-bond donors (Lipinski definition) is 1. The van der Waals surface area contributed by atoms with Crippen LogP contribution in [0.4, 0.5) is 9.59 Å². The zero-order valence-corrected chi connectivity index (χ0v) is 26.2. The van der Waals surface area contributed by atoms with Gasteiger partial charge in [0.15, 0.2) is 12.2 Å². The third-order valence-corrected chi connectivity index (χ3v) is 6.34. The van der Waals surface area contributed by atoms with Gasteiger partial charge in [-0.2, -0.15) is 0 Å². The van der Waals surface area contributed by atoms with Crippen molar-refractivity contribution in [2.45, 2.75) is 34.5 Å². The van der Waals surface area contributed by atoms with E-state index in [0.29, 0.717) is 0 Å². The van der Waals surface area contributed by atoms with Gasteiger partial charge in [0.2, 0.25) is 18.3 Å². The molecule has 0 amide bonds. The minimum Gasteiger partial charge on any atom is -0.452 e. The lowest BCUT2D eigenvalue weighted by Gasteiger charge is -2.44. The number of esters is 2. The largest absolute Gasteiger partial charge is 0.509 e. The van der Waals surface area contributed by atoms with E-state index in [-0.39, 0.29) is 24.3 Å². The normalized spacial score (nSPS) is 20.6. The molecular weight excluding hydrogens is 673 g/mol. The Hall–Kier alpha value is -4.30. The number of carbonyl (C=O) groups is 4. The highest BCUT2D eigenvalue weighted by Crippen LogP contribution is 2.34. The molecule has 1 fully saturated rings. The first-order valence-electron chi connectivity index (χ1n) is 13.3. The van der Waals surface area contributed by atoms with E-state index in [9.17, 15) is 19.2 Å². The second-order valence-corrected chi connectivity index (χ2v) is 11.3. The van der Waals surface area contributed by atoms with Crippen LogP contribution in [0.1, 0.15) is 20.7 Å². The SMILES string of the molecule is C=CCOC(=O)OC[C@H]1O[C@H](OC(=N)C(Cl)(Cl)Cl)[C@@H](OC(=O)OCC=C)[C@@H](OC(=O)c2ccccc2)[C@@H]1OC(=O)c1ccccc1. The summed E-state index contributed by atoms with van der Waals surface area (Å²) in [4.78, 5) is 51.5. The van der Waals surface area contributed by atoms with Gasteiger partial charge in [-0.3, -0.25) is 5.41 Å². The molecule has 2 aromatic carbocycles. The topological polar surface area (TPSA) is 166 Å². The van der Waals surface area contributed by atoms with Gasteiger partial charge in [-0.05, 0) is 24.3 Å². The standard InChI is InChI=1S/C30H28Cl3NO12/c1-3-15-39-28(37)41-17-20-21(43-24(35)18-11-7-5-8-12-18)22(44-25(36)19-13-9-6-10-14-19)23(45-29(38)40-16-4-2)26(42-20)46-27(34)30(31,32)33/h3-14,20-23,26,34H,1-2,15-17H2/t20-,21-,22+,23+,26-/m1/s1. The van der Waals surface area contributed by atoms with Gasteiger partial charge in [0, 0.05) is 0 Å². The van der Waals surface area contributed by atoms with E-state index >= 15 is 0 Å². The average Bonchev–Trinajstić information content (AvgIpc) is 3.04. The van der Waals surface area contributed by atoms with Gasteiger partial charge in [0.05, 0.1) is 11.1 Å². The van der Waals surface area contributed by atoms with Crippen molar-refractivity contribution in [3.63, 3.8) is 0 Å². The molecule has 1 heterocycles. The molecule has 2 aromatic rings. The van der Waals surface area contributed by atoms with Gasteiger partial charge in [0.1, 0.15) is 25.9 Å². The minimum atomic E-state index is -2.43. The van der Waals surface area contributed by atoms with Crippen molar-refractivity contribution in [3.8, 4) is 0 Å². The van der Waals surface area contributed by atoms with E-state index < -0.39 is 71.3 Å². The van der Waals surface area contributed by atoms with Gasteiger partial charge in [-0.25, -0.2) is 19.2 Å². The van der Waals surface area contributed by atoms with Crippen LogP contribution in [0.25, 0.3) is 0 Å². The van der Waals surface area contributed by atoms with Crippen LogP contribution in [-0.2, 0) is 37.9 Å². The van der Waals surface area contributed by atoms with Gasteiger partial charge in [0.25, 0.3) is 3.79 Å². The second-order valence-electron chi connectivity index (χ2n) is 9.05. The highest BCUT2D eigenvalue weighted by molar-refractivity contribution is 6.76. The fourth-order valence-electron chi connectivity index (χ4n) is 3.81. The Kier molecular flexibility index (Phi) is 13.7. The van der Waals surface area contributed by atoms with Gasteiger partial charge in [-0.15, -0.1) is 0 Å². The lowest BCUT2D eigenvalue weighted by molar-refractivity contribution is -0.282. The number of benzene rings is 2. The van der Waals surface area contributed by atoms with Gasteiger partial charge < -0.3 is 37.9 Å². The molecule has 13 nitrogen and oxygen atoms in total. The summed E-state index contributed by atoms with van der Waals surface area (Å²) in [7, 11) is 0. The minimum absolute atomic E-state index is 0.0578. The number of nitrogens with one attached hydrogen (secondary N) is 1. The van der Waals surface area contributed by atoms with Crippen LogP contribution in [-0.4, -0.2) is 84.5 Å². The molecule has 0 spiro atoms. The average molecular weight is 701 g/mol. The number of hydrogen-bond acceptors (Lipinski definition) is 13. The smallest absolute Gasteiger partial charge is 0.452 e. The van der Waals surface area contributed by atoms with E-state index in [1.54, 1.807) is 36.4 Å². The maximum atomic E-state index is 13.3. The molecular formula is C30H28Cl3NO12. The molecule has 0 aromatic heterocycles. The summed E-state index contributed by atoms with van der Waals surface area (Å²) in [6, 6.07) is 15.4. The van der Waals surface area contributed by atoms with Crippen molar-refractivity contribution in [2.24, 2.45) is 0 Å². The number of alkyl halides is 3. The zero-order valence-electron chi connectivity index (χ0n) is 23.9. The molecule has 1 aliphatic rings. The molecule has 0 radical (unpaired) electrons. The number of halogens is 3. The van der Waals surface area contributed by atoms with Crippen LogP contribution in [0.15, 0.2) is 86.0 Å². The summed E-state index contributed by atoms with van der Waals surface area (Å²) >= 11 is 17.4. The van der Waals surface area contributed by atoms with Gasteiger partial charge in [-0.1, -0.05) is 96.5 Å². The molecule has 1 saturated heterocycles. The quantitative estimate of drug-likeness (QED) is 0.0731. The predicted octanol–water partition coefficient (Wildman–Crippen LogP) is 5.57. The first-order chi connectivity index (χ1) is 21.9.